The first-order valence-electron chi connectivity index (χ1n) is 9.08. The lowest BCUT2D eigenvalue weighted by atomic mass is 9.85. The third kappa shape index (κ3) is 4.68. The van der Waals surface area contributed by atoms with E-state index in [4.69, 9.17) is 0 Å². The van der Waals surface area contributed by atoms with Gasteiger partial charge >= 0.3 is 0 Å². The van der Waals surface area contributed by atoms with Crippen LogP contribution in [0, 0.1) is 5.92 Å². The van der Waals surface area contributed by atoms with Gasteiger partial charge in [-0.3, -0.25) is 19.6 Å². The Labute approximate surface area is 153 Å². The third-order valence-corrected chi connectivity index (χ3v) is 4.91. The molecule has 3 rings (SSSR count). The number of amides is 2. The maximum atomic E-state index is 12.3. The zero-order valence-corrected chi connectivity index (χ0v) is 15.0. The maximum absolute atomic E-state index is 12.3. The highest BCUT2D eigenvalue weighted by molar-refractivity contribution is 5.92. The standard InChI is InChI=1S/C19H25N5O2/c1-24-12-2-3-17(24)19(26)23-15-6-4-14(5-7-15)18(25)22-9-8-16-13-20-10-11-21-16/h2-3,10-15H,4-9H2,1H3,(H,22,25)(H,23,26). The van der Waals surface area contributed by atoms with Crippen LogP contribution in [0.1, 0.15) is 41.9 Å². The number of carbonyl (C=O) groups is 2. The van der Waals surface area contributed by atoms with Gasteiger partial charge in [-0.1, -0.05) is 0 Å². The summed E-state index contributed by atoms with van der Waals surface area (Å²) in [5.41, 5.74) is 1.54. The molecule has 0 atom stereocenters. The lowest BCUT2D eigenvalue weighted by molar-refractivity contribution is -0.126. The van der Waals surface area contributed by atoms with Crippen LogP contribution in [-0.4, -0.2) is 38.9 Å². The fourth-order valence-corrected chi connectivity index (χ4v) is 3.37. The van der Waals surface area contributed by atoms with Gasteiger partial charge in [0.15, 0.2) is 0 Å². The summed E-state index contributed by atoms with van der Waals surface area (Å²) in [7, 11) is 1.86. The van der Waals surface area contributed by atoms with Gasteiger partial charge in [-0.15, -0.1) is 0 Å². The molecule has 2 heterocycles. The maximum Gasteiger partial charge on any atom is 0.268 e. The van der Waals surface area contributed by atoms with E-state index in [2.05, 4.69) is 20.6 Å². The predicted molar refractivity (Wildman–Crippen MR) is 97.4 cm³/mol. The van der Waals surface area contributed by atoms with Gasteiger partial charge < -0.3 is 15.2 Å². The van der Waals surface area contributed by atoms with E-state index in [-0.39, 0.29) is 23.8 Å². The molecular weight excluding hydrogens is 330 g/mol. The summed E-state index contributed by atoms with van der Waals surface area (Å²) in [6.45, 7) is 0.571. The summed E-state index contributed by atoms with van der Waals surface area (Å²) in [4.78, 5) is 32.8. The summed E-state index contributed by atoms with van der Waals surface area (Å²) >= 11 is 0. The van der Waals surface area contributed by atoms with Crippen molar-refractivity contribution in [3.8, 4) is 0 Å². The summed E-state index contributed by atoms with van der Waals surface area (Å²) in [6, 6.07) is 3.81. The minimum atomic E-state index is -0.0469. The number of aryl methyl sites for hydroxylation is 1. The normalized spacial score (nSPS) is 19.7. The molecule has 0 aliphatic heterocycles. The van der Waals surface area contributed by atoms with E-state index in [9.17, 15) is 9.59 Å². The molecule has 0 spiro atoms. The van der Waals surface area contributed by atoms with Crippen molar-refractivity contribution < 1.29 is 9.59 Å². The number of carbonyl (C=O) groups excluding carboxylic acids is 2. The Balaban J connectivity index is 1.38. The van der Waals surface area contributed by atoms with Crippen molar-refractivity contribution in [3.63, 3.8) is 0 Å². The minimum Gasteiger partial charge on any atom is -0.355 e. The molecule has 0 radical (unpaired) electrons. The van der Waals surface area contributed by atoms with Gasteiger partial charge in [-0.2, -0.15) is 0 Å². The summed E-state index contributed by atoms with van der Waals surface area (Å²) in [5.74, 6) is 0.0792. The SMILES string of the molecule is Cn1cccc1C(=O)NC1CCC(C(=O)NCCc2cnccn2)CC1. The van der Waals surface area contributed by atoms with Crippen LogP contribution in [0.5, 0.6) is 0 Å². The summed E-state index contributed by atoms with van der Waals surface area (Å²) in [5, 5.41) is 6.07. The lowest BCUT2D eigenvalue weighted by Crippen LogP contribution is -2.41. The Morgan fingerprint density at radius 1 is 1.23 bits per heavy atom. The van der Waals surface area contributed by atoms with Crippen LogP contribution in [0.15, 0.2) is 36.9 Å². The molecular formula is C19H25N5O2. The van der Waals surface area contributed by atoms with Crippen LogP contribution in [0.25, 0.3) is 0 Å². The highest BCUT2D eigenvalue weighted by atomic mass is 16.2. The van der Waals surface area contributed by atoms with Crippen molar-refractivity contribution in [3.05, 3.63) is 48.3 Å². The first kappa shape index (κ1) is 18.1. The van der Waals surface area contributed by atoms with Crippen LogP contribution in [-0.2, 0) is 18.3 Å². The van der Waals surface area contributed by atoms with Crippen molar-refractivity contribution in [2.45, 2.75) is 38.1 Å². The molecule has 0 saturated heterocycles. The molecule has 1 fully saturated rings. The van der Waals surface area contributed by atoms with Gasteiger partial charge in [-0.05, 0) is 37.8 Å². The number of hydrogen-bond donors (Lipinski definition) is 2. The largest absolute Gasteiger partial charge is 0.355 e. The number of hydrogen-bond acceptors (Lipinski definition) is 4. The van der Waals surface area contributed by atoms with E-state index >= 15 is 0 Å². The zero-order valence-electron chi connectivity index (χ0n) is 15.0. The second-order valence-electron chi connectivity index (χ2n) is 6.76. The molecule has 1 saturated carbocycles. The van der Waals surface area contributed by atoms with Gasteiger partial charge in [0.05, 0.1) is 5.69 Å². The minimum absolute atomic E-state index is 0.0278. The molecule has 0 bridgehead atoms. The molecule has 7 heteroatoms. The molecule has 0 unspecified atom stereocenters. The Hall–Kier alpha value is -2.70. The van der Waals surface area contributed by atoms with Crippen molar-refractivity contribution in [1.82, 2.24) is 25.2 Å². The third-order valence-electron chi connectivity index (χ3n) is 4.91. The van der Waals surface area contributed by atoms with E-state index in [0.717, 1.165) is 31.4 Å². The van der Waals surface area contributed by atoms with Crippen molar-refractivity contribution in [2.75, 3.05) is 6.54 Å². The number of nitrogens with one attached hydrogen (secondary N) is 2. The fraction of sp³-hybridized carbons (Fsp3) is 0.474. The molecule has 2 aromatic rings. The quantitative estimate of drug-likeness (QED) is 0.821. The number of aromatic nitrogens is 3. The van der Waals surface area contributed by atoms with E-state index in [1.165, 1.54) is 0 Å². The van der Waals surface area contributed by atoms with Crippen molar-refractivity contribution in [2.24, 2.45) is 13.0 Å². The second-order valence-corrected chi connectivity index (χ2v) is 6.76. The summed E-state index contributed by atoms with van der Waals surface area (Å²) < 4.78 is 1.81. The lowest BCUT2D eigenvalue weighted by Gasteiger charge is -2.28. The predicted octanol–water partition coefficient (Wildman–Crippen LogP) is 1.46. The molecule has 1 aliphatic carbocycles. The monoisotopic (exact) mass is 355 g/mol. The van der Waals surface area contributed by atoms with Crippen LogP contribution in [0.2, 0.25) is 0 Å². The van der Waals surface area contributed by atoms with E-state index < -0.39 is 0 Å². The molecule has 26 heavy (non-hydrogen) atoms. The van der Waals surface area contributed by atoms with Crippen LogP contribution in [0.4, 0.5) is 0 Å². The Bertz CT molecular complexity index is 735. The zero-order chi connectivity index (χ0) is 18.4. The fourth-order valence-electron chi connectivity index (χ4n) is 3.37. The molecule has 1 aliphatic rings. The first-order chi connectivity index (χ1) is 12.6. The number of rotatable bonds is 6. The topological polar surface area (TPSA) is 88.9 Å². The summed E-state index contributed by atoms with van der Waals surface area (Å²) in [6.07, 6.45) is 10.8. The molecule has 7 nitrogen and oxygen atoms in total. The Kier molecular flexibility index (Phi) is 5.99. The number of nitrogens with zero attached hydrogens (tertiary/aromatic N) is 3. The van der Waals surface area contributed by atoms with Crippen LogP contribution < -0.4 is 10.6 Å². The van der Waals surface area contributed by atoms with Gasteiger partial charge in [0.2, 0.25) is 5.91 Å². The average Bonchev–Trinajstić information content (AvgIpc) is 3.09. The Morgan fingerprint density at radius 2 is 2.04 bits per heavy atom. The van der Waals surface area contributed by atoms with Gasteiger partial charge in [0.25, 0.3) is 5.91 Å². The molecule has 2 N–H and O–H groups in total. The highest BCUT2D eigenvalue weighted by Crippen LogP contribution is 2.24. The van der Waals surface area contributed by atoms with Crippen molar-refractivity contribution in [1.29, 1.82) is 0 Å². The average molecular weight is 355 g/mol. The molecule has 0 aromatic carbocycles. The van der Waals surface area contributed by atoms with Crippen LogP contribution >= 0.6 is 0 Å². The van der Waals surface area contributed by atoms with Gasteiger partial charge in [-0.25, -0.2) is 0 Å². The smallest absolute Gasteiger partial charge is 0.268 e. The van der Waals surface area contributed by atoms with E-state index in [1.54, 1.807) is 18.6 Å². The molecule has 138 valence electrons. The molecule has 2 aromatic heterocycles. The Morgan fingerprint density at radius 3 is 2.69 bits per heavy atom. The highest BCUT2D eigenvalue weighted by Gasteiger charge is 2.27. The second kappa shape index (κ2) is 8.60. The first-order valence-corrected chi connectivity index (χ1v) is 9.08. The van der Waals surface area contributed by atoms with Gasteiger partial charge in [0, 0.05) is 56.8 Å². The van der Waals surface area contributed by atoms with E-state index in [1.807, 2.05) is 29.9 Å². The van der Waals surface area contributed by atoms with Gasteiger partial charge in [0.1, 0.15) is 5.69 Å². The van der Waals surface area contributed by atoms with Crippen LogP contribution in [0.3, 0.4) is 0 Å². The van der Waals surface area contributed by atoms with Crippen molar-refractivity contribution >= 4 is 11.8 Å². The molecule has 2 amide bonds. The van der Waals surface area contributed by atoms with E-state index in [0.29, 0.717) is 18.7 Å².